The van der Waals surface area contributed by atoms with Gasteiger partial charge in [0.2, 0.25) is 5.78 Å². The van der Waals surface area contributed by atoms with Gasteiger partial charge in [-0.25, -0.2) is 0 Å². The smallest absolute Gasteiger partial charge is 0.232 e. The number of carbonyl (C=O) groups is 1. The Morgan fingerprint density at radius 1 is 1.00 bits per heavy atom. The van der Waals surface area contributed by atoms with E-state index in [1.54, 1.807) is 26.4 Å². The number of hydrogen-bond acceptors (Lipinski definition) is 5. The van der Waals surface area contributed by atoms with Gasteiger partial charge in [-0.2, -0.15) is 0 Å². The molecule has 0 fully saturated rings. The minimum absolute atomic E-state index is 0.135. The molecule has 0 saturated heterocycles. The first-order valence-electron chi connectivity index (χ1n) is 10.9. The highest BCUT2D eigenvalue weighted by Gasteiger charge is 2.30. The van der Waals surface area contributed by atoms with E-state index in [4.69, 9.17) is 18.9 Å². The number of methoxy groups -OCH3 is 2. The molecule has 1 aliphatic rings. The highest BCUT2D eigenvalue weighted by Crippen LogP contribution is 2.38. The second-order valence-electron chi connectivity index (χ2n) is 8.23. The monoisotopic (exact) mass is 455 g/mol. The molecule has 34 heavy (non-hydrogen) atoms. The van der Waals surface area contributed by atoms with Crippen molar-refractivity contribution in [3.05, 3.63) is 88.8 Å². The van der Waals surface area contributed by atoms with Gasteiger partial charge >= 0.3 is 0 Å². The van der Waals surface area contributed by atoms with Crippen molar-refractivity contribution in [3.63, 3.8) is 0 Å². The molecule has 3 aromatic carbocycles. The number of aryl methyl sites for hydroxylation is 2. The van der Waals surface area contributed by atoms with Crippen LogP contribution < -0.4 is 18.9 Å². The number of para-hydroxylation sites is 1. The van der Waals surface area contributed by atoms with Crippen molar-refractivity contribution in [3.8, 4) is 23.0 Å². The van der Waals surface area contributed by atoms with Crippen LogP contribution in [0, 0.1) is 6.92 Å². The Hall–Kier alpha value is -4.19. The number of nitrogens with zero attached hydrogens (tertiary/aromatic N) is 1. The summed E-state index contributed by atoms with van der Waals surface area (Å²) >= 11 is 0. The summed E-state index contributed by atoms with van der Waals surface area (Å²) < 4.78 is 24.8. The van der Waals surface area contributed by atoms with E-state index >= 15 is 0 Å². The maximum atomic E-state index is 13.2. The van der Waals surface area contributed by atoms with Crippen LogP contribution in [0.4, 0.5) is 0 Å². The molecule has 6 nitrogen and oxygen atoms in total. The summed E-state index contributed by atoms with van der Waals surface area (Å²) in [5.41, 5.74) is 4.23. The van der Waals surface area contributed by atoms with E-state index in [0.717, 1.165) is 39.1 Å². The number of aromatic nitrogens is 1. The van der Waals surface area contributed by atoms with E-state index < -0.39 is 0 Å². The third-order valence-corrected chi connectivity index (χ3v) is 6.04. The molecule has 4 aromatic rings. The fraction of sp³-hybridized carbons (Fsp3) is 0.179. The Bertz CT molecular complexity index is 1450. The van der Waals surface area contributed by atoms with Crippen molar-refractivity contribution >= 4 is 22.8 Å². The molecule has 172 valence electrons. The van der Waals surface area contributed by atoms with E-state index in [0.29, 0.717) is 23.7 Å². The topological polar surface area (TPSA) is 58.9 Å². The standard InChI is InChI=1S/C28H25NO5/c1-17-11-21(33-16-18-7-5-6-8-24(18)32-4)14-25-27(17)28(30)26(34-25)12-19-15-29(2)23-10-9-20(31-3)13-22(19)23/h5-15H,16H2,1-4H3/b26-12-. The Morgan fingerprint density at radius 2 is 1.82 bits per heavy atom. The number of fused-ring (bicyclic) bond motifs is 2. The van der Waals surface area contributed by atoms with Crippen molar-refractivity contribution in [2.45, 2.75) is 13.5 Å². The first kappa shape index (κ1) is 21.6. The highest BCUT2D eigenvalue weighted by atomic mass is 16.5. The average Bonchev–Trinajstić information content (AvgIpc) is 3.33. The Kier molecular flexibility index (Phi) is 5.49. The number of carbonyl (C=O) groups excluding carboxylic acids is 1. The maximum Gasteiger partial charge on any atom is 0.232 e. The predicted molar refractivity (Wildman–Crippen MR) is 131 cm³/mol. The van der Waals surface area contributed by atoms with Crippen LogP contribution in [0.2, 0.25) is 0 Å². The number of Topliss-reactive ketones (excluding diaryl/α,β-unsaturated/α-hetero) is 1. The van der Waals surface area contributed by atoms with Gasteiger partial charge in [0.25, 0.3) is 0 Å². The summed E-state index contributed by atoms with van der Waals surface area (Å²) in [5, 5.41) is 0.985. The van der Waals surface area contributed by atoms with Crippen LogP contribution in [0.1, 0.15) is 27.0 Å². The average molecular weight is 456 g/mol. The second kappa shape index (κ2) is 8.63. The van der Waals surface area contributed by atoms with E-state index in [2.05, 4.69) is 0 Å². The zero-order valence-electron chi connectivity index (χ0n) is 19.5. The molecule has 0 radical (unpaired) electrons. The van der Waals surface area contributed by atoms with Crippen LogP contribution in [0.25, 0.3) is 17.0 Å². The molecule has 0 unspecified atom stereocenters. The second-order valence-corrected chi connectivity index (χ2v) is 8.23. The largest absolute Gasteiger partial charge is 0.497 e. The van der Waals surface area contributed by atoms with Crippen LogP contribution in [0.15, 0.2) is 66.6 Å². The molecular formula is C28H25NO5. The lowest BCUT2D eigenvalue weighted by molar-refractivity contribution is 0.101. The van der Waals surface area contributed by atoms with Crippen molar-refractivity contribution < 1.29 is 23.7 Å². The van der Waals surface area contributed by atoms with Crippen LogP contribution in [-0.2, 0) is 13.7 Å². The first-order chi connectivity index (χ1) is 16.5. The van der Waals surface area contributed by atoms with Gasteiger partial charge < -0.3 is 23.5 Å². The van der Waals surface area contributed by atoms with Gasteiger partial charge in [-0.1, -0.05) is 18.2 Å². The van der Waals surface area contributed by atoms with Gasteiger partial charge in [0.15, 0.2) is 5.76 Å². The molecule has 0 spiro atoms. The van der Waals surface area contributed by atoms with Gasteiger partial charge in [-0.05, 0) is 48.9 Å². The third-order valence-electron chi connectivity index (χ3n) is 6.04. The van der Waals surface area contributed by atoms with Crippen molar-refractivity contribution in [1.82, 2.24) is 4.57 Å². The first-order valence-corrected chi connectivity index (χ1v) is 10.9. The molecule has 0 amide bonds. The predicted octanol–water partition coefficient (Wildman–Crippen LogP) is 5.70. The van der Waals surface area contributed by atoms with E-state index in [1.165, 1.54) is 0 Å². The van der Waals surface area contributed by atoms with E-state index in [9.17, 15) is 4.79 Å². The number of ether oxygens (including phenoxy) is 4. The molecule has 1 aromatic heterocycles. The quantitative estimate of drug-likeness (QED) is 0.349. The molecule has 5 rings (SSSR count). The lowest BCUT2D eigenvalue weighted by Gasteiger charge is -2.11. The molecule has 1 aliphatic heterocycles. The zero-order chi connectivity index (χ0) is 23.8. The Balaban J connectivity index is 1.44. The third kappa shape index (κ3) is 3.77. The van der Waals surface area contributed by atoms with Crippen LogP contribution >= 0.6 is 0 Å². The summed E-state index contributed by atoms with van der Waals surface area (Å²) in [7, 11) is 5.24. The summed E-state index contributed by atoms with van der Waals surface area (Å²) in [6.45, 7) is 2.23. The molecule has 0 aliphatic carbocycles. The summed E-state index contributed by atoms with van der Waals surface area (Å²) in [4.78, 5) is 13.2. The summed E-state index contributed by atoms with van der Waals surface area (Å²) in [6, 6.07) is 17.2. The van der Waals surface area contributed by atoms with Gasteiger partial charge in [0, 0.05) is 41.3 Å². The number of allylic oxidation sites excluding steroid dienone is 1. The summed E-state index contributed by atoms with van der Waals surface area (Å²) in [6.07, 6.45) is 3.77. The molecule has 6 heteroatoms. The van der Waals surface area contributed by atoms with Crippen LogP contribution in [-0.4, -0.2) is 24.6 Å². The number of hydrogen-bond donors (Lipinski definition) is 0. The molecular weight excluding hydrogens is 430 g/mol. The van der Waals surface area contributed by atoms with Gasteiger partial charge in [-0.15, -0.1) is 0 Å². The molecule has 0 saturated carbocycles. The van der Waals surface area contributed by atoms with Crippen molar-refractivity contribution in [2.75, 3.05) is 14.2 Å². The van der Waals surface area contributed by atoms with Gasteiger partial charge in [0.1, 0.15) is 29.6 Å². The Morgan fingerprint density at radius 3 is 2.62 bits per heavy atom. The Labute approximate surface area is 197 Å². The summed E-state index contributed by atoms with van der Waals surface area (Å²) in [5.74, 6) is 2.81. The SMILES string of the molecule is COc1ccc2c(c1)c(/C=C1\Oc3cc(OCc4ccccc4OC)cc(C)c3C1=O)cn2C. The van der Waals surface area contributed by atoms with Crippen molar-refractivity contribution in [1.29, 1.82) is 0 Å². The van der Waals surface area contributed by atoms with Crippen molar-refractivity contribution in [2.24, 2.45) is 7.05 Å². The number of ketones is 1. The molecule has 0 atom stereocenters. The van der Waals surface area contributed by atoms with E-state index in [-0.39, 0.29) is 11.5 Å². The lowest BCUT2D eigenvalue weighted by atomic mass is 10.0. The van der Waals surface area contributed by atoms with Gasteiger partial charge in [0.05, 0.1) is 19.8 Å². The number of rotatable bonds is 6. The normalized spacial score (nSPS) is 13.8. The minimum Gasteiger partial charge on any atom is -0.497 e. The van der Waals surface area contributed by atoms with Crippen LogP contribution in [0.3, 0.4) is 0 Å². The fourth-order valence-corrected chi connectivity index (χ4v) is 4.33. The molecule has 0 N–H and O–H groups in total. The molecule has 0 bridgehead atoms. The fourth-order valence-electron chi connectivity index (χ4n) is 4.33. The highest BCUT2D eigenvalue weighted by molar-refractivity contribution is 6.16. The van der Waals surface area contributed by atoms with Crippen LogP contribution in [0.5, 0.6) is 23.0 Å². The maximum absolute atomic E-state index is 13.2. The minimum atomic E-state index is -0.135. The number of benzene rings is 3. The zero-order valence-corrected chi connectivity index (χ0v) is 19.5. The van der Waals surface area contributed by atoms with Gasteiger partial charge in [-0.3, -0.25) is 4.79 Å². The lowest BCUT2D eigenvalue weighted by Crippen LogP contribution is -2.00. The molecule has 2 heterocycles. The van der Waals surface area contributed by atoms with E-state index in [1.807, 2.05) is 73.3 Å².